The number of pyridine rings is 2. The average Bonchev–Trinajstić information content (AvgIpc) is 2.68. The topological polar surface area (TPSA) is 116 Å². The smallest absolute Gasteiger partial charge is 0.326 e. The number of halogens is 1. The molecule has 0 unspecified atom stereocenters. The van der Waals surface area contributed by atoms with E-state index in [9.17, 15) is 14.4 Å². The fourth-order valence-corrected chi connectivity index (χ4v) is 3.08. The van der Waals surface area contributed by atoms with Gasteiger partial charge in [-0.2, -0.15) is 0 Å². The first-order chi connectivity index (χ1) is 14.5. The number of nitrogens with zero attached hydrogens (tertiary/aromatic N) is 2. The van der Waals surface area contributed by atoms with Gasteiger partial charge >= 0.3 is 5.97 Å². The van der Waals surface area contributed by atoms with E-state index >= 15 is 0 Å². The van der Waals surface area contributed by atoms with Gasteiger partial charge in [-0.15, -0.1) is 0 Å². The number of hydrogen-bond donors (Lipinski definition) is 2. The van der Waals surface area contributed by atoms with E-state index in [4.69, 9.17) is 22.1 Å². The highest BCUT2D eigenvalue weighted by atomic mass is 35.5. The van der Waals surface area contributed by atoms with E-state index in [1.807, 2.05) is 0 Å². The van der Waals surface area contributed by atoms with Crippen molar-refractivity contribution in [2.45, 2.75) is 39.5 Å². The van der Waals surface area contributed by atoms with E-state index in [0.717, 1.165) is 10.1 Å². The molecule has 0 aliphatic rings. The van der Waals surface area contributed by atoms with Crippen LogP contribution >= 0.6 is 11.6 Å². The fourth-order valence-electron chi connectivity index (χ4n) is 2.95. The second-order valence-corrected chi connectivity index (χ2v) is 8.43. The van der Waals surface area contributed by atoms with Gasteiger partial charge in [0.15, 0.2) is 0 Å². The molecule has 0 fully saturated rings. The Labute approximate surface area is 184 Å². The highest BCUT2D eigenvalue weighted by molar-refractivity contribution is 6.30. The van der Waals surface area contributed by atoms with Crippen LogP contribution in [0.15, 0.2) is 47.3 Å². The van der Waals surface area contributed by atoms with Gasteiger partial charge in [-0.3, -0.25) is 19.0 Å². The first kappa shape index (κ1) is 22.3. The van der Waals surface area contributed by atoms with Crippen molar-refractivity contribution in [3.05, 3.63) is 69.0 Å². The molecule has 0 atom stereocenters. The van der Waals surface area contributed by atoms with Gasteiger partial charge in [0, 0.05) is 17.0 Å². The molecule has 3 aromatic rings. The normalized spacial score (nSPS) is 11.4. The fraction of sp³-hybridized carbons (Fsp3) is 0.273. The highest BCUT2D eigenvalue weighted by Gasteiger charge is 2.21. The second-order valence-electron chi connectivity index (χ2n) is 7.99. The number of nitrogens with two attached hydrogens (primary N) is 1. The molecule has 2 heterocycles. The summed E-state index contributed by atoms with van der Waals surface area (Å²) in [4.78, 5) is 42.4. The predicted octanol–water partition coefficient (Wildman–Crippen LogP) is 2.90. The summed E-state index contributed by atoms with van der Waals surface area (Å²) in [5.41, 5.74) is 5.28. The molecule has 0 radical (unpaired) electrons. The molecule has 8 nitrogen and oxygen atoms in total. The lowest BCUT2D eigenvalue weighted by Crippen LogP contribution is -2.36. The number of hydrogen-bond acceptors (Lipinski definition) is 6. The largest absolute Gasteiger partial charge is 0.459 e. The molecule has 1 amide bonds. The number of ether oxygens (including phenoxy) is 1. The summed E-state index contributed by atoms with van der Waals surface area (Å²) in [5, 5.41) is 3.79. The van der Waals surface area contributed by atoms with Crippen molar-refractivity contribution in [3.8, 4) is 0 Å². The minimum atomic E-state index is -0.726. The lowest BCUT2D eigenvalue weighted by molar-refractivity contribution is -0.155. The molecule has 3 rings (SSSR count). The van der Waals surface area contributed by atoms with E-state index in [1.165, 1.54) is 6.07 Å². The summed E-state index contributed by atoms with van der Waals surface area (Å²) in [6.07, 6.45) is 0. The van der Waals surface area contributed by atoms with Gasteiger partial charge in [0.1, 0.15) is 29.2 Å². The molecule has 2 aromatic heterocycles. The van der Waals surface area contributed by atoms with Crippen molar-refractivity contribution < 1.29 is 14.3 Å². The standard InChI is InChI=1S/C22H23ClN4O4/c1-22(2,3)31-18(28)12-27-19-14(6-9-17(24)26-19)10-16(21(27)30)20(29)25-11-13-4-7-15(23)8-5-13/h4-10H,11-12H2,1-3H3,(H2,24,26)(H,25,29). The quantitative estimate of drug-likeness (QED) is 0.587. The second kappa shape index (κ2) is 8.77. The molecule has 0 saturated carbocycles. The first-order valence-corrected chi connectivity index (χ1v) is 9.96. The van der Waals surface area contributed by atoms with Crippen molar-refractivity contribution in [3.63, 3.8) is 0 Å². The van der Waals surface area contributed by atoms with Gasteiger partial charge in [-0.25, -0.2) is 4.98 Å². The molecule has 1 aromatic carbocycles. The number of esters is 1. The molecular weight excluding hydrogens is 420 g/mol. The SMILES string of the molecule is CC(C)(C)OC(=O)Cn1c(=O)c(C(=O)NCc2ccc(Cl)cc2)cc2ccc(N)nc21. The summed E-state index contributed by atoms with van der Waals surface area (Å²) in [5.74, 6) is -1.01. The average molecular weight is 443 g/mol. The molecule has 162 valence electrons. The highest BCUT2D eigenvalue weighted by Crippen LogP contribution is 2.15. The van der Waals surface area contributed by atoms with Crippen LogP contribution in [0.4, 0.5) is 5.82 Å². The summed E-state index contributed by atoms with van der Waals surface area (Å²) in [7, 11) is 0. The van der Waals surface area contributed by atoms with Crippen LogP contribution in [0.2, 0.25) is 5.02 Å². The van der Waals surface area contributed by atoms with Crippen molar-refractivity contribution >= 4 is 40.3 Å². The van der Waals surface area contributed by atoms with Crippen LogP contribution < -0.4 is 16.6 Å². The molecule has 0 aliphatic carbocycles. The Morgan fingerprint density at radius 1 is 1.16 bits per heavy atom. The third-order valence-electron chi connectivity index (χ3n) is 4.28. The third kappa shape index (κ3) is 5.61. The number of nitrogens with one attached hydrogen (secondary N) is 1. The Hall–Kier alpha value is -3.39. The van der Waals surface area contributed by atoms with Gasteiger partial charge in [-0.05, 0) is 56.7 Å². The van der Waals surface area contributed by atoms with E-state index < -0.39 is 29.6 Å². The van der Waals surface area contributed by atoms with Gasteiger partial charge in [0.2, 0.25) is 0 Å². The van der Waals surface area contributed by atoms with Crippen molar-refractivity contribution in [1.29, 1.82) is 0 Å². The first-order valence-electron chi connectivity index (χ1n) is 9.58. The number of anilines is 1. The van der Waals surface area contributed by atoms with E-state index in [1.54, 1.807) is 57.2 Å². The Kier molecular flexibility index (Phi) is 6.31. The number of fused-ring (bicyclic) bond motifs is 1. The maximum absolute atomic E-state index is 13.1. The van der Waals surface area contributed by atoms with Crippen LogP contribution in [0.1, 0.15) is 36.7 Å². The Morgan fingerprint density at radius 2 is 1.84 bits per heavy atom. The van der Waals surface area contributed by atoms with Gasteiger partial charge < -0.3 is 15.8 Å². The molecule has 0 aliphatic heterocycles. The summed E-state index contributed by atoms with van der Waals surface area (Å²) in [6, 6.07) is 11.6. The Morgan fingerprint density at radius 3 is 2.48 bits per heavy atom. The summed E-state index contributed by atoms with van der Waals surface area (Å²) in [6.45, 7) is 4.98. The van der Waals surface area contributed by atoms with E-state index in [0.29, 0.717) is 10.4 Å². The Bertz CT molecular complexity index is 1200. The zero-order valence-electron chi connectivity index (χ0n) is 17.4. The monoisotopic (exact) mass is 442 g/mol. The third-order valence-corrected chi connectivity index (χ3v) is 4.53. The molecule has 3 N–H and O–H groups in total. The number of rotatable bonds is 5. The number of nitrogen functional groups attached to an aromatic ring is 1. The lowest BCUT2D eigenvalue weighted by atomic mass is 10.1. The zero-order chi connectivity index (χ0) is 22.8. The van der Waals surface area contributed by atoms with Gasteiger partial charge in [-0.1, -0.05) is 23.7 Å². The lowest BCUT2D eigenvalue weighted by Gasteiger charge is -2.20. The molecule has 31 heavy (non-hydrogen) atoms. The van der Waals surface area contributed by atoms with Crippen molar-refractivity contribution in [2.24, 2.45) is 0 Å². The van der Waals surface area contributed by atoms with Crippen molar-refractivity contribution in [2.75, 3.05) is 5.73 Å². The van der Waals surface area contributed by atoms with Crippen LogP contribution in [-0.2, 0) is 22.6 Å². The maximum Gasteiger partial charge on any atom is 0.326 e. The number of carbonyl (C=O) groups excluding carboxylic acids is 2. The van der Waals surface area contributed by atoms with Crippen LogP contribution in [-0.4, -0.2) is 27.0 Å². The number of benzene rings is 1. The zero-order valence-corrected chi connectivity index (χ0v) is 18.2. The summed E-state index contributed by atoms with van der Waals surface area (Å²) < 4.78 is 6.43. The van der Waals surface area contributed by atoms with Crippen molar-refractivity contribution in [1.82, 2.24) is 14.9 Å². The van der Waals surface area contributed by atoms with E-state index in [-0.39, 0.29) is 23.6 Å². The number of aromatic nitrogens is 2. The molecule has 0 saturated heterocycles. The van der Waals surface area contributed by atoms with Crippen LogP contribution in [0.25, 0.3) is 11.0 Å². The number of carbonyl (C=O) groups is 2. The predicted molar refractivity (Wildman–Crippen MR) is 119 cm³/mol. The molecule has 9 heteroatoms. The number of amides is 1. The summed E-state index contributed by atoms with van der Waals surface area (Å²) >= 11 is 5.87. The molecule has 0 spiro atoms. The van der Waals surface area contributed by atoms with E-state index in [2.05, 4.69) is 10.3 Å². The van der Waals surface area contributed by atoms with Crippen LogP contribution in [0.5, 0.6) is 0 Å². The molecular formula is C22H23ClN4O4. The van der Waals surface area contributed by atoms with Crippen LogP contribution in [0, 0.1) is 0 Å². The van der Waals surface area contributed by atoms with Crippen LogP contribution in [0.3, 0.4) is 0 Å². The maximum atomic E-state index is 13.1. The minimum Gasteiger partial charge on any atom is -0.459 e. The van der Waals surface area contributed by atoms with Gasteiger partial charge in [0.05, 0.1) is 0 Å². The van der Waals surface area contributed by atoms with Gasteiger partial charge in [0.25, 0.3) is 11.5 Å². The Balaban J connectivity index is 1.96. The minimum absolute atomic E-state index is 0.114. The molecule has 0 bridgehead atoms.